The van der Waals surface area contributed by atoms with Gasteiger partial charge in [-0.25, -0.2) is 0 Å². The van der Waals surface area contributed by atoms with Gasteiger partial charge >= 0.3 is 0 Å². The maximum absolute atomic E-state index is 5.86. The molecule has 3 unspecified atom stereocenters. The normalized spacial score (nSPS) is 30.3. The molecule has 2 aliphatic rings. The fourth-order valence-corrected chi connectivity index (χ4v) is 3.12. The third-order valence-corrected chi connectivity index (χ3v) is 4.32. The minimum atomic E-state index is 0.477. The summed E-state index contributed by atoms with van der Waals surface area (Å²) in [5.41, 5.74) is 2.80. The molecule has 2 bridgehead atoms. The summed E-state index contributed by atoms with van der Waals surface area (Å²) in [6, 6.07) is 9.57. The lowest BCUT2D eigenvalue weighted by molar-refractivity contribution is 0.0973. The van der Waals surface area contributed by atoms with Gasteiger partial charge in [-0.1, -0.05) is 38.1 Å². The number of nitrogens with one attached hydrogen (secondary N) is 1. The van der Waals surface area contributed by atoms with Crippen molar-refractivity contribution in [2.24, 2.45) is 0 Å². The molecule has 0 amide bonds. The van der Waals surface area contributed by atoms with Crippen LogP contribution >= 0.6 is 0 Å². The molecule has 98 valence electrons. The van der Waals surface area contributed by atoms with Crippen molar-refractivity contribution >= 4 is 0 Å². The van der Waals surface area contributed by atoms with Crippen molar-refractivity contribution in [3.05, 3.63) is 35.4 Å². The van der Waals surface area contributed by atoms with Gasteiger partial charge in [-0.3, -0.25) is 0 Å². The fraction of sp³-hybridized carbons (Fsp3) is 0.625. The highest BCUT2D eigenvalue weighted by Crippen LogP contribution is 2.34. The standard InChI is InChI=1S/C16H23NO/c1-11(2)13-5-3-12(4-6-13)10-17-15-9-14-7-8-16(15)18-14/h3-6,11,14-17H,7-10H2,1-2H3. The number of ether oxygens (including phenoxy) is 1. The van der Waals surface area contributed by atoms with Crippen molar-refractivity contribution in [1.82, 2.24) is 5.32 Å². The molecule has 0 radical (unpaired) electrons. The van der Waals surface area contributed by atoms with Gasteiger partial charge in [-0.2, -0.15) is 0 Å². The van der Waals surface area contributed by atoms with Gasteiger partial charge in [0, 0.05) is 12.6 Å². The van der Waals surface area contributed by atoms with Gasteiger partial charge in [0.2, 0.25) is 0 Å². The van der Waals surface area contributed by atoms with Gasteiger partial charge in [0.25, 0.3) is 0 Å². The van der Waals surface area contributed by atoms with Crippen LogP contribution in [-0.2, 0) is 11.3 Å². The zero-order valence-electron chi connectivity index (χ0n) is 11.4. The van der Waals surface area contributed by atoms with Crippen molar-refractivity contribution in [2.75, 3.05) is 0 Å². The second-order valence-corrected chi connectivity index (χ2v) is 5.99. The Kier molecular flexibility index (Phi) is 3.40. The summed E-state index contributed by atoms with van der Waals surface area (Å²) in [7, 11) is 0. The first-order valence-electron chi connectivity index (χ1n) is 7.20. The van der Waals surface area contributed by atoms with Gasteiger partial charge < -0.3 is 10.1 Å². The van der Waals surface area contributed by atoms with Gasteiger partial charge in [0.15, 0.2) is 0 Å². The van der Waals surface area contributed by atoms with Crippen LogP contribution in [-0.4, -0.2) is 18.2 Å². The predicted molar refractivity (Wildman–Crippen MR) is 73.7 cm³/mol. The Labute approximate surface area is 110 Å². The minimum Gasteiger partial charge on any atom is -0.373 e. The zero-order valence-corrected chi connectivity index (χ0v) is 11.4. The molecule has 2 saturated heterocycles. The molecule has 0 aliphatic carbocycles. The average molecular weight is 245 g/mol. The van der Waals surface area contributed by atoms with Crippen LogP contribution in [0.25, 0.3) is 0 Å². The molecule has 0 aromatic heterocycles. The van der Waals surface area contributed by atoms with Crippen LogP contribution in [0.15, 0.2) is 24.3 Å². The van der Waals surface area contributed by atoms with E-state index in [1.165, 1.54) is 30.4 Å². The second-order valence-electron chi connectivity index (χ2n) is 5.99. The third kappa shape index (κ3) is 2.45. The summed E-state index contributed by atoms with van der Waals surface area (Å²) >= 11 is 0. The molecule has 18 heavy (non-hydrogen) atoms. The molecule has 3 atom stereocenters. The van der Waals surface area contributed by atoms with Gasteiger partial charge in [-0.15, -0.1) is 0 Å². The SMILES string of the molecule is CC(C)c1ccc(CNC2CC3CCC2O3)cc1. The van der Waals surface area contributed by atoms with E-state index in [9.17, 15) is 0 Å². The van der Waals surface area contributed by atoms with E-state index >= 15 is 0 Å². The van der Waals surface area contributed by atoms with E-state index < -0.39 is 0 Å². The molecular weight excluding hydrogens is 222 g/mol. The molecule has 3 rings (SSSR count). The van der Waals surface area contributed by atoms with Gasteiger partial charge in [-0.05, 0) is 36.3 Å². The summed E-state index contributed by atoms with van der Waals surface area (Å²) in [6.45, 7) is 5.44. The zero-order chi connectivity index (χ0) is 12.5. The Hall–Kier alpha value is -0.860. The number of hydrogen-bond donors (Lipinski definition) is 1. The molecule has 2 fully saturated rings. The molecule has 0 saturated carbocycles. The Morgan fingerprint density at radius 1 is 1.22 bits per heavy atom. The average Bonchev–Trinajstić information content (AvgIpc) is 2.99. The Morgan fingerprint density at radius 3 is 2.56 bits per heavy atom. The Balaban J connectivity index is 1.54. The molecule has 1 aromatic carbocycles. The lowest BCUT2D eigenvalue weighted by atomic mass is 9.95. The van der Waals surface area contributed by atoms with Gasteiger partial charge in [0.1, 0.15) is 0 Å². The minimum absolute atomic E-state index is 0.477. The quantitative estimate of drug-likeness (QED) is 0.879. The molecule has 0 spiro atoms. The monoisotopic (exact) mass is 245 g/mol. The van der Waals surface area contributed by atoms with Gasteiger partial charge in [0.05, 0.1) is 12.2 Å². The summed E-state index contributed by atoms with van der Waals surface area (Å²) in [6.07, 6.45) is 4.73. The number of rotatable bonds is 4. The number of hydrogen-bond acceptors (Lipinski definition) is 2. The molecule has 1 N–H and O–H groups in total. The highest BCUT2D eigenvalue weighted by molar-refractivity contribution is 5.24. The Morgan fingerprint density at radius 2 is 2.00 bits per heavy atom. The van der Waals surface area contributed by atoms with Crippen molar-refractivity contribution in [1.29, 1.82) is 0 Å². The van der Waals surface area contributed by atoms with Crippen molar-refractivity contribution in [2.45, 2.75) is 63.8 Å². The topological polar surface area (TPSA) is 21.3 Å². The van der Waals surface area contributed by atoms with Crippen LogP contribution in [0.1, 0.15) is 50.2 Å². The first-order chi connectivity index (χ1) is 8.72. The molecule has 2 heteroatoms. The first kappa shape index (κ1) is 12.2. The lowest BCUT2D eigenvalue weighted by Gasteiger charge is -2.20. The molecule has 2 aliphatic heterocycles. The van der Waals surface area contributed by atoms with Crippen molar-refractivity contribution < 1.29 is 4.74 Å². The van der Waals surface area contributed by atoms with Crippen molar-refractivity contribution in [3.63, 3.8) is 0 Å². The highest BCUT2D eigenvalue weighted by atomic mass is 16.5. The van der Waals surface area contributed by atoms with E-state index in [0.717, 1.165) is 6.54 Å². The Bertz CT molecular complexity index is 398. The van der Waals surface area contributed by atoms with Crippen LogP contribution in [0.5, 0.6) is 0 Å². The van der Waals surface area contributed by atoms with E-state index in [1.54, 1.807) is 0 Å². The third-order valence-electron chi connectivity index (χ3n) is 4.32. The largest absolute Gasteiger partial charge is 0.373 e. The molecule has 2 nitrogen and oxygen atoms in total. The first-order valence-corrected chi connectivity index (χ1v) is 7.20. The fourth-order valence-electron chi connectivity index (χ4n) is 3.12. The maximum Gasteiger partial charge on any atom is 0.0733 e. The highest BCUT2D eigenvalue weighted by Gasteiger charge is 2.40. The van der Waals surface area contributed by atoms with Crippen LogP contribution in [0.3, 0.4) is 0 Å². The summed E-state index contributed by atoms with van der Waals surface area (Å²) in [5.74, 6) is 0.617. The van der Waals surface area contributed by atoms with E-state index in [0.29, 0.717) is 24.2 Å². The van der Waals surface area contributed by atoms with Crippen LogP contribution in [0, 0.1) is 0 Å². The van der Waals surface area contributed by atoms with E-state index in [-0.39, 0.29) is 0 Å². The summed E-state index contributed by atoms with van der Waals surface area (Å²) in [5, 5.41) is 3.65. The molecule has 1 aromatic rings. The summed E-state index contributed by atoms with van der Waals surface area (Å²) in [4.78, 5) is 0. The maximum atomic E-state index is 5.86. The lowest BCUT2D eigenvalue weighted by Crippen LogP contribution is -2.36. The molecule has 2 heterocycles. The summed E-state index contributed by atoms with van der Waals surface area (Å²) < 4.78 is 5.86. The van der Waals surface area contributed by atoms with Crippen LogP contribution < -0.4 is 5.32 Å². The predicted octanol–water partition coefficient (Wildman–Crippen LogP) is 3.22. The van der Waals surface area contributed by atoms with E-state index in [4.69, 9.17) is 4.74 Å². The number of benzene rings is 1. The van der Waals surface area contributed by atoms with Crippen LogP contribution in [0.4, 0.5) is 0 Å². The van der Waals surface area contributed by atoms with E-state index in [1.807, 2.05) is 0 Å². The molecular formula is C16H23NO. The van der Waals surface area contributed by atoms with E-state index in [2.05, 4.69) is 43.4 Å². The second kappa shape index (κ2) is 5.02. The number of fused-ring (bicyclic) bond motifs is 2. The van der Waals surface area contributed by atoms with Crippen LogP contribution in [0.2, 0.25) is 0 Å². The smallest absolute Gasteiger partial charge is 0.0733 e. The van der Waals surface area contributed by atoms with Crippen molar-refractivity contribution in [3.8, 4) is 0 Å².